The van der Waals surface area contributed by atoms with Crippen molar-refractivity contribution < 1.29 is 4.74 Å². The minimum atomic E-state index is 0.450. The standard InChI is InChI=1S/C12H15N5OS/c1-15-12-17-11(14)10(19-12)5-8(13)9-4-3-7(18-2)6-16-9/h3-6H,13-14H2,1-2H3,(H,15,17)/b8-5-. The maximum atomic E-state index is 6.00. The summed E-state index contributed by atoms with van der Waals surface area (Å²) >= 11 is 1.43. The molecule has 0 aromatic carbocycles. The summed E-state index contributed by atoms with van der Waals surface area (Å²) in [4.78, 5) is 9.16. The van der Waals surface area contributed by atoms with E-state index >= 15 is 0 Å². The molecule has 5 N–H and O–H groups in total. The van der Waals surface area contributed by atoms with Gasteiger partial charge in [0.1, 0.15) is 11.6 Å². The number of hydrogen-bond acceptors (Lipinski definition) is 7. The van der Waals surface area contributed by atoms with Crippen LogP contribution in [0.3, 0.4) is 0 Å². The number of pyridine rings is 1. The van der Waals surface area contributed by atoms with Gasteiger partial charge in [0, 0.05) is 7.05 Å². The molecule has 0 radical (unpaired) electrons. The second-order valence-corrected chi connectivity index (χ2v) is 4.73. The molecule has 0 atom stereocenters. The number of ether oxygens (including phenoxy) is 1. The molecule has 0 fully saturated rings. The van der Waals surface area contributed by atoms with Gasteiger partial charge >= 0.3 is 0 Å². The van der Waals surface area contributed by atoms with Gasteiger partial charge in [-0.3, -0.25) is 4.98 Å². The van der Waals surface area contributed by atoms with E-state index in [0.29, 0.717) is 23.0 Å². The first kappa shape index (κ1) is 13.2. The van der Waals surface area contributed by atoms with Crippen LogP contribution in [0.4, 0.5) is 10.9 Å². The predicted octanol–water partition coefficient (Wildman–Crippen LogP) is 1.63. The average Bonchev–Trinajstić information content (AvgIpc) is 2.79. The number of methoxy groups -OCH3 is 1. The fraction of sp³-hybridized carbons (Fsp3) is 0.167. The Morgan fingerprint density at radius 1 is 1.47 bits per heavy atom. The first-order valence-corrected chi connectivity index (χ1v) is 6.37. The molecule has 0 unspecified atom stereocenters. The zero-order chi connectivity index (χ0) is 13.8. The number of rotatable bonds is 4. The maximum Gasteiger partial charge on any atom is 0.185 e. The molecule has 2 aromatic rings. The van der Waals surface area contributed by atoms with E-state index in [0.717, 1.165) is 10.0 Å². The van der Waals surface area contributed by atoms with Crippen molar-refractivity contribution in [3.05, 3.63) is 28.9 Å². The Morgan fingerprint density at radius 2 is 2.26 bits per heavy atom. The fourth-order valence-corrected chi connectivity index (χ4v) is 2.23. The van der Waals surface area contributed by atoms with Gasteiger partial charge in [-0.15, -0.1) is 0 Å². The zero-order valence-electron chi connectivity index (χ0n) is 10.7. The summed E-state index contributed by atoms with van der Waals surface area (Å²) in [6, 6.07) is 3.60. The average molecular weight is 277 g/mol. The number of nitrogens with zero attached hydrogens (tertiary/aromatic N) is 2. The zero-order valence-corrected chi connectivity index (χ0v) is 11.5. The molecule has 19 heavy (non-hydrogen) atoms. The Labute approximate surface area is 115 Å². The van der Waals surface area contributed by atoms with Crippen molar-refractivity contribution >= 4 is 34.1 Å². The van der Waals surface area contributed by atoms with Gasteiger partial charge in [0.2, 0.25) is 0 Å². The highest BCUT2D eigenvalue weighted by atomic mass is 32.1. The lowest BCUT2D eigenvalue weighted by Crippen LogP contribution is -1.99. The molecular formula is C12H15N5OS. The number of hydrogen-bond donors (Lipinski definition) is 3. The summed E-state index contributed by atoms with van der Waals surface area (Å²) in [6.07, 6.45) is 3.38. The van der Waals surface area contributed by atoms with Crippen molar-refractivity contribution in [2.45, 2.75) is 0 Å². The first-order valence-electron chi connectivity index (χ1n) is 5.55. The molecule has 2 rings (SSSR count). The molecule has 0 amide bonds. The molecule has 2 aromatic heterocycles. The van der Waals surface area contributed by atoms with Crippen molar-refractivity contribution in [1.82, 2.24) is 9.97 Å². The van der Waals surface area contributed by atoms with Gasteiger partial charge in [0.15, 0.2) is 5.13 Å². The summed E-state index contributed by atoms with van der Waals surface area (Å²) in [5.41, 5.74) is 13.0. The van der Waals surface area contributed by atoms with Gasteiger partial charge in [-0.1, -0.05) is 11.3 Å². The van der Waals surface area contributed by atoms with E-state index in [2.05, 4.69) is 15.3 Å². The maximum absolute atomic E-state index is 6.00. The lowest BCUT2D eigenvalue weighted by molar-refractivity contribution is 0.413. The van der Waals surface area contributed by atoms with Crippen LogP contribution in [0.1, 0.15) is 10.6 Å². The molecule has 0 saturated carbocycles. The molecule has 7 heteroatoms. The monoisotopic (exact) mass is 277 g/mol. The predicted molar refractivity (Wildman–Crippen MR) is 78.9 cm³/mol. The number of thiazole rings is 1. The van der Waals surface area contributed by atoms with E-state index < -0.39 is 0 Å². The van der Waals surface area contributed by atoms with Gasteiger partial charge in [-0.25, -0.2) is 4.98 Å². The van der Waals surface area contributed by atoms with Crippen LogP contribution in [0.15, 0.2) is 18.3 Å². The smallest absolute Gasteiger partial charge is 0.185 e. The highest BCUT2D eigenvalue weighted by molar-refractivity contribution is 7.17. The van der Waals surface area contributed by atoms with Crippen molar-refractivity contribution in [3.8, 4) is 5.75 Å². The van der Waals surface area contributed by atoms with Gasteiger partial charge < -0.3 is 21.5 Å². The minimum Gasteiger partial charge on any atom is -0.495 e. The van der Waals surface area contributed by atoms with Crippen LogP contribution in [0.2, 0.25) is 0 Å². The van der Waals surface area contributed by atoms with E-state index in [1.807, 2.05) is 0 Å². The van der Waals surface area contributed by atoms with Crippen LogP contribution >= 0.6 is 11.3 Å². The van der Waals surface area contributed by atoms with Crippen molar-refractivity contribution in [2.24, 2.45) is 5.73 Å². The molecule has 0 bridgehead atoms. The summed E-state index contributed by atoms with van der Waals surface area (Å²) < 4.78 is 5.05. The number of aromatic nitrogens is 2. The summed E-state index contributed by atoms with van der Waals surface area (Å²) in [6.45, 7) is 0. The SMILES string of the molecule is CNc1nc(N)c(/C=C(\N)c2ccc(OC)cn2)s1. The normalized spacial score (nSPS) is 11.4. The van der Waals surface area contributed by atoms with E-state index in [4.69, 9.17) is 16.2 Å². The second kappa shape index (κ2) is 5.57. The molecule has 0 aliphatic carbocycles. The minimum absolute atomic E-state index is 0.450. The molecule has 100 valence electrons. The molecule has 0 aliphatic rings. The summed E-state index contributed by atoms with van der Waals surface area (Å²) in [5.74, 6) is 1.14. The third kappa shape index (κ3) is 2.94. The van der Waals surface area contributed by atoms with Crippen LogP contribution in [0.25, 0.3) is 11.8 Å². The van der Waals surface area contributed by atoms with E-state index in [1.54, 1.807) is 38.6 Å². The summed E-state index contributed by atoms with van der Waals surface area (Å²) in [5, 5.41) is 3.69. The van der Waals surface area contributed by atoms with Gasteiger partial charge in [0.25, 0.3) is 0 Å². The quantitative estimate of drug-likeness (QED) is 0.785. The van der Waals surface area contributed by atoms with Crippen LogP contribution in [-0.2, 0) is 0 Å². The summed E-state index contributed by atoms with van der Waals surface area (Å²) in [7, 11) is 3.38. The molecule has 2 heterocycles. The third-order valence-electron chi connectivity index (χ3n) is 2.45. The highest BCUT2D eigenvalue weighted by Gasteiger charge is 2.07. The van der Waals surface area contributed by atoms with Crippen molar-refractivity contribution in [2.75, 3.05) is 25.2 Å². The molecule has 0 aliphatic heterocycles. The number of nitrogens with two attached hydrogens (primary N) is 2. The van der Waals surface area contributed by atoms with Crippen molar-refractivity contribution in [3.63, 3.8) is 0 Å². The molecule has 0 saturated heterocycles. The topological polar surface area (TPSA) is 99.1 Å². The highest BCUT2D eigenvalue weighted by Crippen LogP contribution is 2.27. The van der Waals surface area contributed by atoms with Crippen LogP contribution in [0, 0.1) is 0 Å². The number of nitrogen functional groups attached to an aromatic ring is 1. The van der Waals surface area contributed by atoms with E-state index in [-0.39, 0.29) is 0 Å². The fourth-order valence-electron chi connectivity index (χ4n) is 1.44. The molecular weight excluding hydrogens is 262 g/mol. The Balaban J connectivity index is 2.28. The Kier molecular flexibility index (Phi) is 3.86. The number of nitrogens with one attached hydrogen (secondary N) is 1. The Hall–Kier alpha value is -2.28. The Bertz CT molecular complexity index is 591. The van der Waals surface area contributed by atoms with Crippen LogP contribution in [0.5, 0.6) is 5.75 Å². The van der Waals surface area contributed by atoms with Crippen LogP contribution in [-0.4, -0.2) is 24.1 Å². The van der Waals surface area contributed by atoms with Gasteiger partial charge in [0.05, 0.1) is 29.6 Å². The van der Waals surface area contributed by atoms with E-state index in [1.165, 1.54) is 11.3 Å². The van der Waals surface area contributed by atoms with Crippen molar-refractivity contribution in [1.29, 1.82) is 0 Å². The first-order chi connectivity index (χ1) is 9.13. The number of anilines is 2. The Morgan fingerprint density at radius 3 is 2.79 bits per heavy atom. The lowest BCUT2D eigenvalue weighted by Gasteiger charge is -2.02. The van der Waals surface area contributed by atoms with Gasteiger partial charge in [-0.05, 0) is 18.2 Å². The largest absolute Gasteiger partial charge is 0.495 e. The molecule has 0 spiro atoms. The third-order valence-corrected chi connectivity index (χ3v) is 3.49. The van der Waals surface area contributed by atoms with Gasteiger partial charge in [-0.2, -0.15) is 0 Å². The lowest BCUT2D eigenvalue weighted by atomic mass is 10.2. The molecule has 6 nitrogen and oxygen atoms in total. The van der Waals surface area contributed by atoms with Crippen LogP contribution < -0.4 is 21.5 Å². The second-order valence-electron chi connectivity index (χ2n) is 3.70. The van der Waals surface area contributed by atoms with E-state index in [9.17, 15) is 0 Å².